The third kappa shape index (κ3) is 4.53. The Kier molecular flexibility index (Phi) is 5.28. The van der Waals surface area contributed by atoms with E-state index in [-0.39, 0.29) is 11.9 Å². The van der Waals surface area contributed by atoms with E-state index in [1.54, 1.807) is 12.1 Å². The minimum Gasteiger partial charge on any atom is -0.356 e. The smallest absolute Gasteiger partial charge is 0.171 e. The van der Waals surface area contributed by atoms with Crippen LogP contribution in [0.2, 0.25) is 0 Å². The third-order valence-electron chi connectivity index (χ3n) is 3.34. The molecule has 0 saturated carbocycles. The molecule has 0 saturated heterocycles. The number of aryl methyl sites for hydroxylation is 1. The van der Waals surface area contributed by atoms with Crippen LogP contribution in [0.15, 0.2) is 48.5 Å². The van der Waals surface area contributed by atoms with Crippen molar-refractivity contribution in [3.8, 4) is 0 Å². The van der Waals surface area contributed by atoms with Crippen molar-refractivity contribution in [2.75, 3.05) is 5.32 Å². The highest BCUT2D eigenvalue weighted by molar-refractivity contribution is 7.80. The summed E-state index contributed by atoms with van der Waals surface area (Å²) in [4.78, 5) is 0. The van der Waals surface area contributed by atoms with Crippen LogP contribution in [0, 0.1) is 5.82 Å². The number of nitrogens with one attached hydrogen (secondary N) is 2. The molecule has 0 bridgehead atoms. The Balaban J connectivity index is 1.93. The fourth-order valence-corrected chi connectivity index (χ4v) is 2.32. The second-order valence-corrected chi connectivity index (χ2v) is 5.33. The molecule has 2 aromatic carbocycles. The second-order valence-electron chi connectivity index (χ2n) is 4.92. The van der Waals surface area contributed by atoms with E-state index in [1.165, 1.54) is 23.3 Å². The fraction of sp³-hybridized carbons (Fsp3) is 0.235. The van der Waals surface area contributed by atoms with Gasteiger partial charge < -0.3 is 10.6 Å². The van der Waals surface area contributed by atoms with Crippen LogP contribution < -0.4 is 10.6 Å². The Bertz CT molecular complexity index is 593. The molecule has 4 heteroatoms. The van der Waals surface area contributed by atoms with Crippen LogP contribution in [0.25, 0.3) is 0 Å². The lowest BCUT2D eigenvalue weighted by Crippen LogP contribution is -2.30. The molecular weight excluding hydrogens is 283 g/mol. The number of halogens is 1. The average molecular weight is 302 g/mol. The maximum Gasteiger partial charge on any atom is 0.171 e. The lowest BCUT2D eigenvalue weighted by molar-refractivity contribution is 0.628. The van der Waals surface area contributed by atoms with E-state index in [0.29, 0.717) is 5.11 Å². The highest BCUT2D eigenvalue weighted by atomic mass is 32.1. The molecule has 0 heterocycles. The van der Waals surface area contributed by atoms with Gasteiger partial charge in [0.05, 0.1) is 6.04 Å². The van der Waals surface area contributed by atoms with Gasteiger partial charge in [-0.15, -0.1) is 0 Å². The maximum atomic E-state index is 12.8. The molecule has 0 fully saturated rings. The monoisotopic (exact) mass is 302 g/mol. The summed E-state index contributed by atoms with van der Waals surface area (Å²) in [6, 6.07) is 14.7. The van der Waals surface area contributed by atoms with Gasteiger partial charge in [-0.05, 0) is 61.0 Å². The van der Waals surface area contributed by atoms with Crippen molar-refractivity contribution >= 4 is 23.0 Å². The zero-order valence-corrected chi connectivity index (χ0v) is 13.0. The number of hydrogen-bond acceptors (Lipinski definition) is 1. The van der Waals surface area contributed by atoms with E-state index in [9.17, 15) is 4.39 Å². The first-order chi connectivity index (χ1) is 10.1. The molecule has 1 atom stereocenters. The molecule has 0 aliphatic heterocycles. The van der Waals surface area contributed by atoms with Crippen LogP contribution in [-0.4, -0.2) is 5.11 Å². The lowest BCUT2D eigenvalue weighted by atomic mass is 10.1. The van der Waals surface area contributed by atoms with Gasteiger partial charge >= 0.3 is 0 Å². The minimum atomic E-state index is -0.260. The van der Waals surface area contributed by atoms with Gasteiger partial charge in [-0.2, -0.15) is 0 Å². The summed E-state index contributed by atoms with van der Waals surface area (Å²) in [5, 5.41) is 6.79. The standard InChI is InChI=1S/C17H19FN2S/c1-3-13-4-6-14(7-5-13)12(2)19-17(21)20-16-10-8-15(18)9-11-16/h4-12H,3H2,1-2H3,(H2,19,20,21)/t12-/m1/s1. The molecule has 0 unspecified atom stereocenters. The average Bonchev–Trinajstić information content (AvgIpc) is 2.49. The van der Waals surface area contributed by atoms with Gasteiger partial charge in [0, 0.05) is 5.69 Å². The summed E-state index contributed by atoms with van der Waals surface area (Å²) in [7, 11) is 0. The van der Waals surface area contributed by atoms with Crippen molar-refractivity contribution in [2.45, 2.75) is 26.3 Å². The molecule has 2 nitrogen and oxygen atoms in total. The maximum absolute atomic E-state index is 12.8. The molecule has 0 aromatic heterocycles. The lowest BCUT2D eigenvalue weighted by Gasteiger charge is -2.17. The molecule has 2 rings (SSSR count). The van der Waals surface area contributed by atoms with Crippen molar-refractivity contribution in [3.05, 3.63) is 65.5 Å². The van der Waals surface area contributed by atoms with Crippen LogP contribution in [0.5, 0.6) is 0 Å². The van der Waals surface area contributed by atoms with E-state index < -0.39 is 0 Å². The van der Waals surface area contributed by atoms with Crippen molar-refractivity contribution in [2.24, 2.45) is 0 Å². The normalized spacial score (nSPS) is 11.8. The molecule has 0 radical (unpaired) electrons. The fourth-order valence-electron chi connectivity index (χ4n) is 2.02. The zero-order valence-electron chi connectivity index (χ0n) is 12.2. The number of anilines is 1. The summed E-state index contributed by atoms with van der Waals surface area (Å²) in [5.41, 5.74) is 3.26. The molecule has 110 valence electrons. The largest absolute Gasteiger partial charge is 0.356 e. The van der Waals surface area contributed by atoms with Crippen molar-refractivity contribution in [3.63, 3.8) is 0 Å². The number of hydrogen-bond donors (Lipinski definition) is 2. The van der Waals surface area contributed by atoms with Crippen LogP contribution in [-0.2, 0) is 6.42 Å². The van der Waals surface area contributed by atoms with E-state index in [1.807, 2.05) is 0 Å². The Morgan fingerprint density at radius 1 is 1.10 bits per heavy atom. The summed E-state index contributed by atoms with van der Waals surface area (Å²) in [6.45, 7) is 4.19. The molecule has 21 heavy (non-hydrogen) atoms. The summed E-state index contributed by atoms with van der Waals surface area (Å²) < 4.78 is 12.8. The van der Waals surface area contributed by atoms with Gasteiger partial charge in [-0.25, -0.2) is 4.39 Å². The van der Waals surface area contributed by atoms with Gasteiger partial charge in [-0.1, -0.05) is 31.2 Å². The Morgan fingerprint density at radius 2 is 1.71 bits per heavy atom. The van der Waals surface area contributed by atoms with Crippen LogP contribution in [0.3, 0.4) is 0 Å². The highest BCUT2D eigenvalue weighted by Gasteiger charge is 2.07. The SMILES string of the molecule is CCc1ccc([C@@H](C)NC(=S)Nc2ccc(F)cc2)cc1. The number of benzene rings is 2. The van der Waals surface area contributed by atoms with Crippen LogP contribution in [0.4, 0.5) is 10.1 Å². The third-order valence-corrected chi connectivity index (χ3v) is 3.56. The number of rotatable bonds is 4. The molecule has 2 aromatic rings. The van der Waals surface area contributed by atoms with E-state index in [2.05, 4.69) is 48.7 Å². The van der Waals surface area contributed by atoms with Crippen molar-refractivity contribution in [1.82, 2.24) is 5.32 Å². The molecule has 2 N–H and O–H groups in total. The van der Waals surface area contributed by atoms with Gasteiger partial charge in [0.25, 0.3) is 0 Å². The zero-order chi connectivity index (χ0) is 15.2. The van der Waals surface area contributed by atoms with E-state index in [4.69, 9.17) is 12.2 Å². The summed E-state index contributed by atoms with van der Waals surface area (Å²) in [5.74, 6) is -0.260. The highest BCUT2D eigenvalue weighted by Crippen LogP contribution is 2.14. The molecular formula is C17H19FN2S. The van der Waals surface area contributed by atoms with Gasteiger partial charge in [0.15, 0.2) is 5.11 Å². The minimum absolute atomic E-state index is 0.108. The van der Waals surface area contributed by atoms with E-state index >= 15 is 0 Å². The van der Waals surface area contributed by atoms with Gasteiger partial charge in [0.2, 0.25) is 0 Å². The predicted molar refractivity (Wildman–Crippen MR) is 90.0 cm³/mol. The second kappa shape index (κ2) is 7.18. The number of thiocarbonyl (C=S) groups is 1. The van der Waals surface area contributed by atoms with Crippen LogP contribution in [0.1, 0.15) is 31.0 Å². The topological polar surface area (TPSA) is 24.1 Å². The molecule has 0 amide bonds. The predicted octanol–water partition coefficient (Wildman–Crippen LogP) is 4.44. The summed E-state index contributed by atoms with van der Waals surface area (Å²) in [6.07, 6.45) is 1.03. The Morgan fingerprint density at radius 3 is 2.29 bits per heavy atom. The van der Waals surface area contributed by atoms with E-state index in [0.717, 1.165) is 12.1 Å². The molecule has 0 aliphatic rings. The first kappa shape index (κ1) is 15.4. The molecule has 0 aliphatic carbocycles. The van der Waals surface area contributed by atoms with Gasteiger partial charge in [0.1, 0.15) is 5.82 Å². The van der Waals surface area contributed by atoms with Crippen molar-refractivity contribution in [1.29, 1.82) is 0 Å². The van der Waals surface area contributed by atoms with Crippen LogP contribution >= 0.6 is 12.2 Å². The van der Waals surface area contributed by atoms with Crippen molar-refractivity contribution < 1.29 is 4.39 Å². The summed E-state index contributed by atoms with van der Waals surface area (Å²) >= 11 is 5.28. The molecule has 0 spiro atoms. The first-order valence-electron chi connectivity index (χ1n) is 7.00. The quantitative estimate of drug-likeness (QED) is 0.817. The van der Waals surface area contributed by atoms with Gasteiger partial charge in [-0.3, -0.25) is 0 Å². The Hall–Kier alpha value is -1.94. The Labute approximate surface area is 130 Å². The first-order valence-corrected chi connectivity index (χ1v) is 7.41.